The Balaban J connectivity index is 2.16. The molecular weight excluding hydrogens is 222 g/mol. The van der Waals surface area contributed by atoms with Gasteiger partial charge >= 0.3 is 0 Å². The van der Waals surface area contributed by atoms with Gasteiger partial charge in [-0.05, 0) is 25.1 Å². The zero-order valence-electron chi connectivity index (χ0n) is 8.98. The molecule has 2 rings (SSSR count). The molecule has 0 amide bonds. The number of halogens is 1. The fourth-order valence-corrected chi connectivity index (χ4v) is 1.48. The lowest BCUT2D eigenvalue weighted by Crippen LogP contribution is -1.88. The Labute approximate surface area is 99.9 Å². The highest BCUT2D eigenvalue weighted by Crippen LogP contribution is 2.21. The highest BCUT2D eigenvalue weighted by atomic mass is 35.5. The SMILES string of the molecule is Cc1ccc(Oc2ccnc(CCl)c2)cc1. The first-order valence-electron chi connectivity index (χ1n) is 5.03. The van der Waals surface area contributed by atoms with Crippen LogP contribution in [0.15, 0.2) is 42.6 Å². The largest absolute Gasteiger partial charge is 0.457 e. The van der Waals surface area contributed by atoms with Crippen LogP contribution < -0.4 is 4.74 Å². The Hall–Kier alpha value is -1.54. The van der Waals surface area contributed by atoms with Crippen LogP contribution in [0.25, 0.3) is 0 Å². The maximum Gasteiger partial charge on any atom is 0.130 e. The van der Waals surface area contributed by atoms with Crippen LogP contribution in [0.2, 0.25) is 0 Å². The van der Waals surface area contributed by atoms with Gasteiger partial charge in [0.1, 0.15) is 11.5 Å². The van der Waals surface area contributed by atoms with Crippen LogP contribution in [-0.4, -0.2) is 4.98 Å². The van der Waals surface area contributed by atoms with Gasteiger partial charge in [-0.25, -0.2) is 0 Å². The van der Waals surface area contributed by atoms with E-state index in [9.17, 15) is 0 Å². The average Bonchev–Trinajstić information content (AvgIpc) is 2.32. The average molecular weight is 234 g/mol. The van der Waals surface area contributed by atoms with Gasteiger partial charge in [-0.3, -0.25) is 4.98 Å². The van der Waals surface area contributed by atoms with E-state index >= 15 is 0 Å². The van der Waals surface area contributed by atoms with E-state index < -0.39 is 0 Å². The predicted molar refractivity (Wildman–Crippen MR) is 65.0 cm³/mol. The third-order valence-corrected chi connectivity index (χ3v) is 2.46. The van der Waals surface area contributed by atoms with E-state index in [-0.39, 0.29) is 0 Å². The van der Waals surface area contributed by atoms with Gasteiger partial charge in [0.15, 0.2) is 0 Å². The van der Waals surface area contributed by atoms with Crippen LogP contribution >= 0.6 is 11.6 Å². The van der Waals surface area contributed by atoms with E-state index in [2.05, 4.69) is 4.98 Å². The number of benzene rings is 1. The van der Waals surface area contributed by atoms with Crippen LogP contribution in [0.3, 0.4) is 0 Å². The number of ether oxygens (including phenoxy) is 1. The molecule has 0 saturated carbocycles. The first-order chi connectivity index (χ1) is 7.78. The number of aryl methyl sites for hydroxylation is 1. The van der Waals surface area contributed by atoms with E-state index in [1.807, 2.05) is 43.3 Å². The summed E-state index contributed by atoms with van der Waals surface area (Å²) in [7, 11) is 0. The van der Waals surface area contributed by atoms with Crippen molar-refractivity contribution in [2.24, 2.45) is 0 Å². The van der Waals surface area contributed by atoms with Crippen molar-refractivity contribution in [3.63, 3.8) is 0 Å². The Morgan fingerprint density at radius 1 is 1.12 bits per heavy atom. The van der Waals surface area contributed by atoms with Gasteiger partial charge in [-0.1, -0.05) is 17.7 Å². The highest BCUT2D eigenvalue weighted by Gasteiger charge is 1.99. The van der Waals surface area contributed by atoms with E-state index in [4.69, 9.17) is 16.3 Å². The molecule has 0 aliphatic heterocycles. The lowest BCUT2D eigenvalue weighted by molar-refractivity contribution is 0.481. The molecule has 0 aliphatic rings. The summed E-state index contributed by atoms with van der Waals surface area (Å²) in [5.41, 5.74) is 2.02. The predicted octanol–water partition coefficient (Wildman–Crippen LogP) is 3.92. The summed E-state index contributed by atoms with van der Waals surface area (Å²) in [4.78, 5) is 4.10. The third-order valence-electron chi connectivity index (χ3n) is 2.18. The summed E-state index contributed by atoms with van der Waals surface area (Å²) in [5.74, 6) is 1.97. The van der Waals surface area contributed by atoms with Crippen molar-refractivity contribution in [1.29, 1.82) is 0 Å². The lowest BCUT2D eigenvalue weighted by atomic mass is 10.2. The van der Waals surface area contributed by atoms with Gasteiger partial charge in [0.25, 0.3) is 0 Å². The van der Waals surface area contributed by atoms with Crippen molar-refractivity contribution in [1.82, 2.24) is 4.98 Å². The molecule has 0 saturated heterocycles. The second kappa shape index (κ2) is 4.99. The van der Waals surface area contributed by atoms with Gasteiger partial charge in [-0.15, -0.1) is 11.6 Å². The molecule has 1 aromatic heterocycles. The molecule has 1 aromatic carbocycles. The van der Waals surface area contributed by atoms with Gasteiger partial charge in [0.05, 0.1) is 11.6 Å². The van der Waals surface area contributed by atoms with Crippen molar-refractivity contribution in [3.8, 4) is 11.5 Å². The molecule has 0 N–H and O–H groups in total. The molecule has 1 heterocycles. The van der Waals surface area contributed by atoms with Gasteiger partial charge in [0.2, 0.25) is 0 Å². The number of pyridine rings is 1. The molecule has 0 radical (unpaired) electrons. The van der Waals surface area contributed by atoms with Crippen molar-refractivity contribution >= 4 is 11.6 Å². The molecule has 82 valence electrons. The number of hydrogen-bond acceptors (Lipinski definition) is 2. The summed E-state index contributed by atoms with van der Waals surface area (Å²) < 4.78 is 5.68. The number of nitrogens with zero attached hydrogens (tertiary/aromatic N) is 1. The molecule has 0 aliphatic carbocycles. The summed E-state index contributed by atoms with van der Waals surface area (Å²) in [6, 6.07) is 11.6. The molecule has 16 heavy (non-hydrogen) atoms. The normalized spacial score (nSPS) is 10.1. The first-order valence-corrected chi connectivity index (χ1v) is 5.57. The Kier molecular flexibility index (Phi) is 3.42. The third kappa shape index (κ3) is 2.74. The zero-order chi connectivity index (χ0) is 11.4. The van der Waals surface area contributed by atoms with E-state index in [1.165, 1.54) is 5.56 Å². The maximum absolute atomic E-state index is 5.70. The molecule has 0 fully saturated rings. The van der Waals surface area contributed by atoms with Crippen LogP contribution in [0.4, 0.5) is 0 Å². The van der Waals surface area contributed by atoms with E-state index in [0.717, 1.165) is 17.2 Å². The second-order valence-corrected chi connectivity index (χ2v) is 3.80. The minimum Gasteiger partial charge on any atom is -0.457 e. The summed E-state index contributed by atoms with van der Waals surface area (Å²) in [6.07, 6.45) is 1.70. The first kappa shape index (κ1) is 11.0. The number of hydrogen-bond donors (Lipinski definition) is 0. The van der Waals surface area contributed by atoms with Crippen molar-refractivity contribution < 1.29 is 4.74 Å². The van der Waals surface area contributed by atoms with Crippen LogP contribution in [0, 0.1) is 6.92 Å². The topological polar surface area (TPSA) is 22.1 Å². The molecular formula is C13H12ClNO. The molecule has 0 unspecified atom stereocenters. The standard InChI is InChI=1S/C13H12ClNO/c1-10-2-4-12(5-3-10)16-13-6-7-15-11(8-13)9-14/h2-8H,9H2,1H3. The van der Waals surface area contributed by atoms with E-state index in [1.54, 1.807) is 6.20 Å². The molecule has 2 aromatic rings. The summed E-state index contributed by atoms with van der Waals surface area (Å²) in [6.45, 7) is 2.04. The zero-order valence-corrected chi connectivity index (χ0v) is 9.74. The number of aromatic nitrogens is 1. The van der Waals surface area contributed by atoms with Crippen LogP contribution in [0.1, 0.15) is 11.3 Å². The number of alkyl halides is 1. The molecule has 2 nitrogen and oxygen atoms in total. The van der Waals surface area contributed by atoms with Crippen molar-refractivity contribution in [2.75, 3.05) is 0 Å². The minimum atomic E-state index is 0.394. The van der Waals surface area contributed by atoms with Crippen molar-refractivity contribution in [2.45, 2.75) is 12.8 Å². The molecule has 0 atom stereocenters. The Morgan fingerprint density at radius 3 is 2.56 bits per heavy atom. The summed E-state index contributed by atoms with van der Waals surface area (Å²) >= 11 is 5.70. The molecule has 0 bridgehead atoms. The van der Waals surface area contributed by atoms with Crippen LogP contribution in [0.5, 0.6) is 11.5 Å². The van der Waals surface area contributed by atoms with Gasteiger partial charge in [0, 0.05) is 12.3 Å². The minimum absolute atomic E-state index is 0.394. The maximum atomic E-state index is 5.70. The molecule has 0 spiro atoms. The Bertz CT molecular complexity index is 468. The fraction of sp³-hybridized carbons (Fsp3) is 0.154. The monoisotopic (exact) mass is 233 g/mol. The van der Waals surface area contributed by atoms with Crippen molar-refractivity contribution in [3.05, 3.63) is 53.9 Å². The smallest absolute Gasteiger partial charge is 0.130 e. The fourth-order valence-electron chi connectivity index (χ4n) is 1.34. The Morgan fingerprint density at radius 2 is 1.88 bits per heavy atom. The lowest BCUT2D eigenvalue weighted by Gasteiger charge is -2.06. The highest BCUT2D eigenvalue weighted by molar-refractivity contribution is 6.16. The molecule has 3 heteroatoms. The number of rotatable bonds is 3. The summed E-state index contributed by atoms with van der Waals surface area (Å²) in [5, 5.41) is 0. The van der Waals surface area contributed by atoms with Gasteiger partial charge in [-0.2, -0.15) is 0 Å². The second-order valence-electron chi connectivity index (χ2n) is 3.53. The van der Waals surface area contributed by atoms with Gasteiger partial charge < -0.3 is 4.74 Å². The quantitative estimate of drug-likeness (QED) is 0.750. The van der Waals surface area contributed by atoms with Crippen LogP contribution in [-0.2, 0) is 5.88 Å². The van der Waals surface area contributed by atoms with E-state index in [0.29, 0.717) is 5.88 Å².